The molecule has 24 heavy (non-hydrogen) atoms. The van der Waals surface area contributed by atoms with E-state index in [4.69, 9.17) is 10.5 Å². The number of hydrogen-bond donors (Lipinski definition) is 1. The summed E-state index contributed by atoms with van der Waals surface area (Å²) in [5.74, 6) is 0.663. The molecule has 0 unspecified atom stereocenters. The van der Waals surface area contributed by atoms with Gasteiger partial charge in [0, 0.05) is 23.6 Å². The molecule has 0 bridgehead atoms. The molecule has 0 aliphatic heterocycles. The summed E-state index contributed by atoms with van der Waals surface area (Å²) in [4.78, 5) is 24.1. The zero-order chi connectivity index (χ0) is 16.4. The lowest BCUT2D eigenvalue weighted by atomic mass is 10.1. The van der Waals surface area contributed by atoms with Crippen LogP contribution in [0.25, 0.3) is 10.8 Å². The van der Waals surface area contributed by atoms with Crippen molar-refractivity contribution in [3.05, 3.63) is 40.2 Å². The molecule has 0 atom stereocenters. The van der Waals surface area contributed by atoms with Gasteiger partial charge in [0.25, 0.3) is 5.56 Å². The Morgan fingerprint density at radius 1 is 1.33 bits per heavy atom. The van der Waals surface area contributed by atoms with E-state index in [0.29, 0.717) is 41.3 Å². The van der Waals surface area contributed by atoms with Crippen LogP contribution in [-0.2, 0) is 6.54 Å². The largest absolute Gasteiger partial charge is 0.479 e. The molecule has 1 amide bonds. The number of aromatic nitrogens is 1. The minimum atomic E-state index is -0.498. The third kappa shape index (κ3) is 3.90. The van der Waals surface area contributed by atoms with E-state index in [1.54, 1.807) is 22.8 Å². The number of benzene rings is 1. The fraction of sp³-hybridized carbons (Fsp3) is 0.444. The molecular formula is C18H23ClN2O3. The minimum Gasteiger partial charge on any atom is -0.479 e. The highest BCUT2D eigenvalue weighted by Gasteiger charge is 2.24. The van der Waals surface area contributed by atoms with Gasteiger partial charge in [0.05, 0.1) is 6.61 Å². The molecule has 130 valence electrons. The Labute approximate surface area is 147 Å². The number of ether oxygens (including phenoxy) is 1. The number of hydrogen-bond acceptors (Lipinski definition) is 3. The van der Waals surface area contributed by atoms with Gasteiger partial charge in [-0.05, 0) is 48.8 Å². The number of primary amides is 1. The molecule has 1 aliphatic rings. The smallest absolute Gasteiger partial charge is 0.261 e. The highest BCUT2D eigenvalue weighted by atomic mass is 35.5. The molecule has 5 nitrogen and oxygen atoms in total. The molecule has 0 saturated heterocycles. The number of pyridine rings is 1. The van der Waals surface area contributed by atoms with E-state index >= 15 is 0 Å². The zero-order valence-electron chi connectivity index (χ0n) is 13.8. The predicted molar refractivity (Wildman–Crippen MR) is 97.1 cm³/mol. The van der Waals surface area contributed by atoms with Gasteiger partial charge in [0.15, 0.2) is 5.88 Å². The van der Waals surface area contributed by atoms with Gasteiger partial charge in [-0.3, -0.25) is 14.2 Å². The fourth-order valence-corrected chi connectivity index (χ4v) is 2.66. The second-order valence-corrected chi connectivity index (χ2v) is 6.21. The number of nitrogens with zero attached hydrogens (tertiary/aromatic N) is 1. The van der Waals surface area contributed by atoms with E-state index in [-0.39, 0.29) is 18.0 Å². The second-order valence-electron chi connectivity index (χ2n) is 6.21. The van der Waals surface area contributed by atoms with Crippen molar-refractivity contribution in [1.29, 1.82) is 0 Å². The molecule has 1 aromatic carbocycles. The Hall–Kier alpha value is -2.01. The summed E-state index contributed by atoms with van der Waals surface area (Å²) in [7, 11) is 0. The summed E-state index contributed by atoms with van der Waals surface area (Å²) in [6.45, 7) is 3.38. The van der Waals surface area contributed by atoms with E-state index in [2.05, 4.69) is 6.92 Å². The number of carbonyl (C=O) groups excluding carboxylic acids is 1. The maximum atomic E-state index is 12.8. The highest BCUT2D eigenvalue weighted by molar-refractivity contribution is 5.97. The van der Waals surface area contributed by atoms with Gasteiger partial charge in [-0.25, -0.2) is 0 Å². The number of carbonyl (C=O) groups is 1. The van der Waals surface area contributed by atoms with Crippen LogP contribution in [0.15, 0.2) is 29.1 Å². The monoisotopic (exact) mass is 350 g/mol. The lowest BCUT2D eigenvalue weighted by molar-refractivity contribution is 0.100. The molecule has 0 radical (unpaired) electrons. The Bertz CT molecular complexity index is 797. The van der Waals surface area contributed by atoms with Crippen LogP contribution in [0.3, 0.4) is 0 Å². The maximum Gasteiger partial charge on any atom is 0.261 e. The van der Waals surface area contributed by atoms with E-state index in [1.165, 1.54) is 12.8 Å². The zero-order valence-corrected chi connectivity index (χ0v) is 14.6. The van der Waals surface area contributed by atoms with E-state index in [1.807, 2.05) is 6.07 Å². The number of unbranched alkanes of at least 4 members (excludes halogenated alkanes) is 1. The van der Waals surface area contributed by atoms with E-state index in [9.17, 15) is 9.59 Å². The summed E-state index contributed by atoms with van der Waals surface area (Å²) in [5, 5.41) is 1.29. The van der Waals surface area contributed by atoms with Crippen molar-refractivity contribution in [1.82, 2.24) is 4.57 Å². The van der Waals surface area contributed by atoms with Crippen molar-refractivity contribution in [3.8, 4) is 5.88 Å². The van der Waals surface area contributed by atoms with Crippen LogP contribution in [0, 0.1) is 5.92 Å². The third-order valence-electron chi connectivity index (χ3n) is 4.24. The van der Waals surface area contributed by atoms with Crippen molar-refractivity contribution in [3.63, 3.8) is 0 Å². The van der Waals surface area contributed by atoms with Crippen molar-refractivity contribution in [2.75, 3.05) is 6.61 Å². The first-order chi connectivity index (χ1) is 11.1. The Morgan fingerprint density at radius 3 is 2.71 bits per heavy atom. The molecule has 1 saturated carbocycles. The van der Waals surface area contributed by atoms with Gasteiger partial charge in [-0.1, -0.05) is 13.3 Å². The molecule has 1 heterocycles. The molecule has 0 spiro atoms. The van der Waals surface area contributed by atoms with Crippen LogP contribution < -0.4 is 16.0 Å². The quantitative estimate of drug-likeness (QED) is 0.779. The Balaban J connectivity index is 0.00000208. The number of amides is 1. The fourth-order valence-electron chi connectivity index (χ4n) is 2.66. The number of nitrogens with two attached hydrogens (primary N) is 1. The van der Waals surface area contributed by atoms with Gasteiger partial charge in [-0.15, -0.1) is 12.4 Å². The topological polar surface area (TPSA) is 74.3 Å². The van der Waals surface area contributed by atoms with Crippen LogP contribution in [0.4, 0.5) is 0 Å². The number of fused-ring (bicyclic) bond motifs is 1. The first-order valence-corrected chi connectivity index (χ1v) is 8.20. The van der Waals surface area contributed by atoms with Crippen LogP contribution >= 0.6 is 12.4 Å². The molecule has 1 aliphatic carbocycles. The predicted octanol–water partition coefficient (Wildman–Crippen LogP) is 3.11. The Kier molecular flexibility index (Phi) is 5.89. The van der Waals surface area contributed by atoms with Crippen LogP contribution in [0.5, 0.6) is 5.88 Å². The number of rotatable bonds is 7. The van der Waals surface area contributed by atoms with Crippen molar-refractivity contribution in [2.24, 2.45) is 11.7 Å². The first-order valence-electron chi connectivity index (χ1n) is 8.20. The number of halogens is 1. The van der Waals surface area contributed by atoms with Gasteiger partial charge in [0.1, 0.15) is 0 Å². The maximum absolute atomic E-state index is 12.8. The molecule has 2 aromatic rings. The molecule has 6 heteroatoms. The van der Waals surface area contributed by atoms with E-state index in [0.717, 1.165) is 12.8 Å². The van der Waals surface area contributed by atoms with Crippen LogP contribution in [0.1, 0.15) is 43.0 Å². The van der Waals surface area contributed by atoms with Gasteiger partial charge >= 0.3 is 0 Å². The second kappa shape index (κ2) is 7.71. The normalized spacial score (nSPS) is 13.5. The summed E-state index contributed by atoms with van der Waals surface area (Å²) >= 11 is 0. The lowest BCUT2D eigenvalue weighted by Crippen LogP contribution is -2.23. The SMILES string of the molecule is CCCCOc1cc2cc(C(N)=O)ccc2c(=O)n1CC1CC1.Cl. The first kappa shape index (κ1) is 18.3. The van der Waals surface area contributed by atoms with Gasteiger partial charge < -0.3 is 10.5 Å². The summed E-state index contributed by atoms with van der Waals surface area (Å²) in [5.41, 5.74) is 5.67. The molecule has 3 rings (SSSR count). The molecule has 1 fully saturated rings. The molecule has 1 aromatic heterocycles. The summed E-state index contributed by atoms with van der Waals surface area (Å²) in [6.07, 6.45) is 4.31. The third-order valence-corrected chi connectivity index (χ3v) is 4.24. The van der Waals surface area contributed by atoms with E-state index < -0.39 is 5.91 Å². The minimum absolute atomic E-state index is 0. The van der Waals surface area contributed by atoms with Gasteiger partial charge in [0.2, 0.25) is 5.91 Å². The van der Waals surface area contributed by atoms with Crippen LogP contribution in [0.2, 0.25) is 0 Å². The molecule has 2 N–H and O–H groups in total. The summed E-state index contributed by atoms with van der Waals surface area (Å²) in [6, 6.07) is 6.79. The van der Waals surface area contributed by atoms with Crippen molar-refractivity contribution >= 4 is 29.1 Å². The highest BCUT2D eigenvalue weighted by Crippen LogP contribution is 2.32. The standard InChI is InChI=1S/C18H22N2O3.ClH/c1-2-3-8-23-16-10-14-9-13(17(19)21)6-7-15(14)18(22)20(16)11-12-4-5-12;/h6-7,9-10,12H,2-5,8,11H2,1H3,(H2,19,21);1H. The average molecular weight is 351 g/mol. The lowest BCUT2D eigenvalue weighted by Gasteiger charge is -2.15. The van der Waals surface area contributed by atoms with Gasteiger partial charge in [-0.2, -0.15) is 0 Å². The van der Waals surface area contributed by atoms with Crippen molar-refractivity contribution in [2.45, 2.75) is 39.2 Å². The molecular weight excluding hydrogens is 328 g/mol. The van der Waals surface area contributed by atoms with Crippen LogP contribution in [-0.4, -0.2) is 17.1 Å². The van der Waals surface area contributed by atoms with Crippen molar-refractivity contribution < 1.29 is 9.53 Å². The summed E-state index contributed by atoms with van der Waals surface area (Å²) < 4.78 is 7.58. The Morgan fingerprint density at radius 2 is 2.08 bits per heavy atom. The average Bonchev–Trinajstić information content (AvgIpc) is 3.34.